The molecular weight excluding hydrogens is 356 g/mol. The first kappa shape index (κ1) is 19.2. The van der Waals surface area contributed by atoms with Crippen LogP contribution < -0.4 is 10.6 Å². The van der Waals surface area contributed by atoms with Crippen LogP contribution in [0.25, 0.3) is 6.08 Å². The molecule has 6 nitrogen and oxygen atoms in total. The van der Waals surface area contributed by atoms with Crippen LogP contribution in [-0.2, 0) is 14.3 Å². The quantitative estimate of drug-likeness (QED) is 0.603. The van der Waals surface area contributed by atoms with E-state index in [9.17, 15) is 14.4 Å². The van der Waals surface area contributed by atoms with Gasteiger partial charge in [-0.1, -0.05) is 23.7 Å². The number of esters is 1. The number of hydrogen-bond acceptors (Lipinski definition) is 4. The second kappa shape index (κ2) is 9.39. The average Bonchev–Trinajstić information content (AvgIpc) is 2.65. The number of rotatable bonds is 6. The van der Waals surface area contributed by atoms with Gasteiger partial charge in [-0.25, -0.2) is 0 Å². The summed E-state index contributed by atoms with van der Waals surface area (Å²) in [7, 11) is 1.24. The van der Waals surface area contributed by atoms with Crippen LogP contribution in [0.2, 0.25) is 5.02 Å². The molecule has 0 spiro atoms. The second-order valence-electron chi connectivity index (χ2n) is 5.21. The molecular formula is C19H17ClN2O4. The third-order valence-electron chi connectivity index (χ3n) is 3.31. The number of carbonyl (C=O) groups excluding carboxylic acids is 3. The van der Waals surface area contributed by atoms with Crippen molar-refractivity contribution >= 4 is 41.1 Å². The van der Waals surface area contributed by atoms with Crippen molar-refractivity contribution in [3.63, 3.8) is 0 Å². The molecule has 7 heteroatoms. The average molecular weight is 373 g/mol. The fourth-order valence-electron chi connectivity index (χ4n) is 2.00. The topological polar surface area (TPSA) is 84.5 Å². The molecule has 2 N–H and O–H groups in total. The van der Waals surface area contributed by atoms with E-state index in [0.717, 1.165) is 5.56 Å². The van der Waals surface area contributed by atoms with Crippen LogP contribution >= 0.6 is 11.6 Å². The van der Waals surface area contributed by atoms with E-state index >= 15 is 0 Å². The maximum Gasteiger partial charge on any atom is 0.325 e. The third-order valence-corrected chi connectivity index (χ3v) is 3.55. The van der Waals surface area contributed by atoms with Crippen molar-refractivity contribution in [3.8, 4) is 0 Å². The predicted molar refractivity (Wildman–Crippen MR) is 99.9 cm³/mol. The fraction of sp³-hybridized carbons (Fsp3) is 0.105. The van der Waals surface area contributed by atoms with E-state index in [1.807, 2.05) is 6.07 Å². The molecule has 2 amide bonds. The second-order valence-corrected chi connectivity index (χ2v) is 5.65. The van der Waals surface area contributed by atoms with Crippen molar-refractivity contribution in [1.29, 1.82) is 0 Å². The van der Waals surface area contributed by atoms with Gasteiger partial charge in [0.05, 0.1) is 7.11 Å². The molecule has 0 radical (unpaired) electrons. The summed E-state index contributed by atoms with van der Waals surface area (Å²) in [4.78, 5) is 34.8. The lowest BCUT2D eigenvalue weighted by molar-refractivity contribution is -0.139. The van der Waals surface area contributed by atoms with Crippen LogP contribution in [0.1, 0.15) is 15.9 Å². The van der Waals surface area contributed by atoms with Crippen molar-refractivity contribution in [2.24, 2.45) is 0 Å². The minimum Gasteiger partial charge on any atom is -0.468 e. The lowest BCUT2D eigenvalue weighted by Crippen LogP contribution is -2.30. The molecule has 26 heavy (non-hydrogen) atoms. The van der Waals surface area contributed by atoms with Gasteiger partial charge in [-0.3, -0.25) is 14.4 Å². The summed E-state index contributed by atoms with van der Waals surface area (Å²) in [5.41, 5.74) is 1.71. The van der Waals surface area contributed by atoms with E-state index in [1.165, 1.54) is 13.2 Å². The van der Waals surface area contributed by atoms with Crippen LogP contribution in [0.15, 0.2) is 54.6 Å². The molecule has 0 aliphatic rings. The molecule has 2 rings (SSSR count). The van der Waals surface area contributed by atoms with Crippen LogP contribution in [0.5, 0.6) is 0 Å². The van der Waals surface area contributed by atoms with Crippen LogP contribution in [-0.4, -0.2) is 31.4 Å². The zero-order chi connectivity index (χ0) is 18.9. The standard InChI is InChI=1S/C19H17ClN2O4/c1-26-18(24)12-21-19(25)14-6-8-16(9-7-14)22-17(23)10-5-13-3-2-4-15(20)11-13/h2-11H,12H2,1H3,(H,21,25)(H,22,23)/b10-5+. The Labute approximate surface area is 155 Å². The van der Waals surface area contributed by atoms with E-state index in [1.54, 1.807) is 48.5 Å². The number of carbonyl (C=O) groups is 3. The summed E-state index contributed by atoms with van der Waals surface area (Å²) in [5, 5.41) is 5.71. The highest BCUT2D eigenvalue weighted by Crippen LogP contribution is 2.13. The van der Waals surface area contributed by atoms with Gasteiger partial charge in [0.25, 0.3) is 5.91 Å². The maximum atomic E-state index is 11.9. The number of anilines is 1. The van der Waals surface area contributed by atoms with Gasteiger partial charge < -0.3 is 15.4 Å². The summed E-state index contributed by atoms with van der Waals surface area (Å²) in [6.07, 6.45) is 3.04. The first-order valence-corrected chi connectivity index (χ1v) is 8.05. The Morgan fingerprint density at radius 2 is 1.85 bits per heavy atom. The van der Waals surface area contributed by atoms with Gasteiger partial charge in [0.2, 0.25) is 5.91 Å². The number of halogens is 1. The van der Waals surface area contributed by atoms with Gasteiger partial charge in [-0.05, 0) is 48.0 Å². The first-order chi connectivity index (χ1) is 12.5. The highest BCUT2D eigenvalue weighted by Gasteiger charge is 2.08. The van der Waals surface area contributed by atoms with E-state index in [4.69, 9.17) is 11.6 Å². The number of nitrogens with one attached hydrogen (secondary N) is 2. The van der Waals surface area contributed by atoms with Crippen molar-refractivity contribution < 1.29 is 19.1 Å². The molecule has 0 atom stereocenters. The SMILES string of the molecule is COC(=O)CNC(=O)c1ccc(NC(=O)/C=C/c2cccc(Cl)c2)cc1. The van der Waals surface area contributed by atoms with Crippen LogP contribution in [0.4, 0.5) is 5.69 Å². The molecule has 0 aliphatic heterocycles. The minimum atomic E-state index is -0.534. The largest absolute Gasteiger partial charge is 0.468 e. The molecule has 0 unspecified atom stereocenters. The molecule has 2 aromatic carbocycles. The highest BCUT2D eigenvalue weighted by molar-refractivity contribution is 6.30. The number of benzene rings is 2. The summed E-state index contributed by atoms with van der Waals surface area (Å²) in [6.45, 7) is -0.206. The van der Waals surface area contributed by atoms with E-state index in [0.29, 0.717) is 16.3 Å². The molecule has 0 saturated carbocycles. The number of hydrogen-bond donors (Lipinski definition) is 2. The van der Waals surface area contributed by atoms with Crippen molar-refractivity contribution in [2.45, 2.75) is 0 Å². The lowest BCUT2D eigenvalue weighted by Gasteiger charge is -2.06. The maximum absolute atomic E-state index is 11.9. The Morgan fingerprint density at radius 3 is 2.50 bits per heavy atom. The summed E-state index contributed by atoms with van der Waals surface area (Å²) in [6, 6.07) is 13.4. The molecule has 0 saturated heterocycles. The number of amides is 2. The van der Waals surface area contributed by atoms with E-state index in [2.05, 4.69) is 15.4 Å². The molecule has 2 aromatic rings. The van der Waals surface area contributed by atoms with Gasteiger partial charge in [-0.15, -0.1) is 0 Å². The summed E-state index contributed by atoms with van der Waals surface area (Å²) >= 11 is 5.89. The number of ether oxygens (including phenoxy) is 1. The van der Waals surface area contributed by atoms with E-state index in [-0.39, 0.29) is 12.5 Å². The molecule has 0 heterocycles. The Bertz CT molecular complexity index is 832. The zero-order valence-electron chi connectivity index (χ0n) is 14.0. The first-order valence-electron chi connectivity index (χ1n) is 7.67. The molecule has 134 valence electrons. The van der Waals surface area contributed by atoms with Crippen molar-refractivity contribution in [2.75, 3.05) is 19.0 Å². The Balaban J connectivity index is 1.91. The lowest BCUT2D eigenvalue weighted by atomic mass is 10.2. The number of methoxy groups -OCH3 is 1. The normalized spacial score (nSPS) is 10.4. The van der Waals surface area contributed by atoms with Gasteiger partial charge in [0.1, 0.15) is 6.54 Å². The Morgan fingerprint density at radius 1 is 1.12 bits per heavy atom. The highest BCUT2D eigenvalue weighted by atomic mass is 35.5. The van der Waals surface area contributed by atoms with Crippen molar-refractivity contribution in [1.82, 2.24) is 5.32 Å². The third kappa shape index (κ3) is 6.07. The smallest absolute Gasteiger partial charge is 0.325 e. The Kier molecular flexibility index (Phi) is 6.93. The van der Waals surface area contributed by atoms with Gasteiger partial charge >= 0.3 is 5.97 Å². The summed E-state index contributed by atoms with van der Waals surface area (Å²) < 4.78 is 4.45. The predicted octanol–water partition coefficient (Wildman–Crippen LogP) is 2.89. The monoisotopic (exact) mass is 372 g/mol. The van der Waals surface area contributed by atoms with Crippen LogP contribution in [0, 0.1) is 0 Å². The van der Waals surface area contributed by atoms with Crippen molar-refractivity contribution in [3.05, 3.63) is 70.8 Å². The van der Waals surface area contributed by atoms with Crippen LogP contribution in [0.3, 0.4) is 0 Å². The molecule has 0 fully saturated rings. The minimum absolute atomic E-state index is 0.206. The molecule has 0 aliphatic carbocycles. The van der Waals surface area contributed by atoms with Gasteiger partial charge in [0, 0.05) is 22.3 Å². The Hall–Kier alpha value is -3.12. The fourth-order valence-corrected chi connectivity index (χ4v) is 2.20. The zero-order valence-corrected chi connectivity index (χ0v) is 14.7. The van der Waals surface area contributed by atoms with Gasteiger partial charge in [-0.2, -0.15) is 0 Å². The van der Waals surface area contributed by atoms with Gasteiger partial charge in [0.15, 0.2) is 0 Å². The summed E-state index contributed by atoms with van der Waals surface area (Å²) in [5.74, 6) is -1.25. The molecule has 0 aromatic heterocycles. The van der Waals surface area contributed by atoms with E-state index < -0.39 is 11.9 Å². The molecule has 0 bridgehead atoms.